The lowest BCUT2D eigenvalue weighted by atomic mass is 9.87. The van der Waals surface area contributed by atoms with E-state index in [1.54, 1.807) is 11.8 Å². The summed E-state index contributed by atoms with van der Waals surface area (Å²) >= 11 is 1.66. The van der Waals surface area contributed by atoms with Gasteiger partial charge < -0.3 is 10.5 Å². The third kappa shape index (κ3) is 5.77. The van der Waals surface area contributed by atoms with Crippen LogP contribution >= 0.6 is 11.8 Å². The molecule has 0 radical (unpaired) electrons. The molecule has 0 saturated heterocycles. The van der Waals surface area contributed by atoms with Crippen molar-refractivity contribution in [3.05, 3.63) is 0 Å². The first kappa shape index (κ1) is 14.8. The number of ether oxygens (including phenoxy) is 1. The van der Waals surface area contributed by atoms with E-state index in [2.05, 4.69) is 6.92 Å². The van der Waals surface area contributed by atoms with Crippen molar-refractivity contribution in [3.63, 3.8) is 0 Å². The maximum absolute atomic E-state index is 11.6. The number of esters is 1. The van der Waals surface area contributed by atoms with Crippen LogP contribution < -0.4 is 5.73 Å². The number of carbonyl (C=O) groups excluding carboxylic acids is 1. The Hall–Kier alpha value is -0.220. The zero-order chi connectivity index (χ0) is 13.1. The summed E-state index contributed by atoms with van der Waals surface area (Å²) in [6.45, 7) is 7.94. The molecule has 1 aliphatic rings. The number of rotatable bonds is 3. The molecule has 0 aliphatic heterocycles. The second kappa shape index (κ2) is 6.10. The molecule has 2 N–H and O–H groups in total. The van der Waals surface area contributed by atoms with E-state index >= 15 is 0 Å². The van der Waals surface area contributed by atoms with E-state index in [9.17, 15) is 4.79 Å². The van der Waals surface area contributed by atoms with E-state index in [-0.39, 0.29) is 17.6 Å². The average molecular weight is 259 g/mol. The molecule has 3 atom stereocenters. The Morgan fingerprint density at radius 1 is 1.41 bits per heavy atom. The predicted molar refractivity (Wildman–Crippen MR) is 73.1 cm³/mol. The van der Waals surface area contributed by atoms with Gasteiger partial charge in [0, 0.05) is 11.3 Å². The Kier molecular flexibility index (Phi) is 5.32. The minimum Gasteiger partial charge on any atom is -0.459 e. The molecule has 0 aromatic carbocycles. The summed E-state index contributed by atoms with van der Waals surface area (Å²) in [5.74, 6) is 1.02. The van der Waals surface area contributed by atoms with Crippen LogP contribution in [0.25, 0.3) is 0 Å². The maximum atomic E-state index is 11.6. The molecule has 0 aromatic heterocycles. The van der Waals surface area contributed by atoms with Crippen LogP contribution in [0.2, 0.25) is 0 Å². The number of hydrogen-bond donors (Lipinski definition) is 1. The zero-order valence-electron chi connectivity index (χ0n) is 11.4. The van der Waals surface area contributed by atoms with Crippen molar-refractivity contribution < 1.29 is 9.53 Å². The van der Waals surface area contributed by atoms with Gasteiger partial charge in [-0.2, -0.15) is 0 Å². The van der Waals surface area contributed by atoms with Crippen LogP contribution in [-0.4, -0.2) is 28.6 Å². The fourth-order valence-electron chi connectivity index (χ4n) is 2.09. The van der Waals surface area contributed by atoms with Gasteiger partial charge in [0.15, 0.2) is 0 Å². The molecule has 1 fully saturated rings. The molecule has 1 saturated carbocycles. The van der Waals surface area contributed by atoms with Crippen molar-refractivity contribution in [2.24, 2.45) is 11.7 Å². The largest absolute Gasteiger partial charge is 0.459 e. The molecular weight excluding hydrogens is 234 g/mol. The van der Waals surface area contributed by atoms with E-state index in [1.165, 1.54) is 6.42 Å². The lowest BCUT2D eigenvalue weighted by Gasteiger charge is -2.32. The average Bonchev–Trinajstić information content (AvgIpc) is 2.17. The summed E-state index contributed by atoms with van der Waals surface area (Å²) in [4.78, 5) is 11.6. The van der Waals surface area contributed by atoms with E-state index in [4.69, 9.17) is 10.5 Å². The number of thioether (sulfide) groups is 1. The molecule has 0 bridgehead atoms. The quantitative estimate of drug-likeness (QED) is 0.792. The van der Waals surface area contributed by atoms with Crippen molar-refractivity contribution in [3.8, 4) is 0 Å². The highest BCUT2D eigenvalue weighted by molar-refractivity contribution is 8.00. The highest BCUT2D eigenvalue weighted by Gasteiger charge is 2.27. The second-order valence-corrected chi connectivity index (χ2v) is 7.25. The van der Waals surface area contributed by atoms with Crippen LogP contribution in [0.15, 0.2) is 0 Å². The van der Waals surface area contributed by atoms with Crippen molar-refractivity contribution in [1.82, 2.24) is 0 Å². The van der Waals surface area contributed by atoms with E-state index < -0.39 is 0 Å². The number of carbonyl (C=O) groups is 1. The Balaban J connectivity index is 2.32. The summed E-state index contributed by atoms with van der Waals surface area (Å²) in [5, 5.41) is 0.409. The Morgan fingerprint density at radius 3 is 2.65 bits per heavy atom. The highest BCUT2D eigenvalue weighted by atomic mass is 32.2. The Morgan fingerprint density at radius 2 is 2.06 bits per heavy atom. The first-order chi connectivity index (χ1) is 7.78. The summed E-state index contributed by atoms with van der Waals surface area (Å²) < 4.78 is 5.29. The van der Waals surface area contributed by atoms with Crippen LogP contribution in [0.3, 0.4) is 0 Å². The van der Waals surface area contributed by atoms with Gasteiger partial charge in [-0.05, 0) is 46.0 Å². The minimum atomic E-state index is -0.389. The molecule has 100 valence electrons. The number of nitrogens with two attached hydrogens (primary N) is 1. The first-order valence-electron chi connectivity index (χ1n) is 6.37. The van der Waals surface area contributed by atoms with E-state index in [1.807, 2.05) is 20.8 Å². The number of hydrogen-bond acceptors (Lipinski definition) is 4. The molecule has 0 spiro atoms. The molecule has 4 heteroatoms. The molecular formula is C13H25NO2S. The van der Waals surface area contributed by atoms with Gasteiger partial charge in [-0.25, -0.2) is 0 Å². The van der Waals surface area contributed by atoms with Crippen molar-refractivity contribution in [2.75, 3.05) is 5.75 Å². The van der Waals surface area contributed by atoms with Gasteiger partial charge in [0.2, 0.25) is 0 Å². The lowest BCUT2D eigenvalue weighted by molar-refractivity contribution is -0.151. The summed E-state index contributed by atoms with van der Waals surface area (Å²) in [6.07, 6.45) is 3.41. The highest BCUT2D eigenvalue weighted by Crippen LogP contribution is 2.31. The monoisotopic (exact) mass is 259 g/mol. The standard InChI is InChI=1S/C13H25NO2S/c1-9-5-6-10(14)11(7-9)17-8-12(15)16-13(2,3)4/h9-11H,5-8,14H2,1-4H3. The van der Waals surface area contributed by atoms with Crippen LogP contribution in [0, 0.1) is 5.92 Å². The second-order valence-electron chi connectivity index (χ2n) is 6.02. The van der Waals surface area contributed by atoms with Crippen molar-refractivity contribution in [1.29, 1.82) is 0 Å². The third-order valence-electron chi connectivity index (χ3n) is 2.94. The molecule has 1 aliphatic carbocycles. The topological polar surface area (TPSA) is 52.3 Å². The molecule has 0 heterocycles. The van der Waals surface area contributed by atoms with Crippen molar-refractivity contribution in [2.45, 2.75) is 63.9 Å². The molecule has 3 nitrogen and oxygen atoms in total. The summed E-state index contributed by atoms with van der Waals surface area (Å²) in [7, 11) is 0. The fourth-order valence-corrected chi connectivity index (χ4v) is 3.35. The minimum absolute atomic E-state index is 0.132. The normalized spacial score (nSPS) is 30.1. The van der Waals surface area contributed by atoms with Crippen LogP contribution in [0.4, 0.5) is 0 Å². The van der Waals surface area contributed by atoms with Gasteiger partial charge in [-0.3, -0.25) is 4.79 Å². The van der Waals surface area contributed by atoms with Gasteiger partial charge in [0.25, 0.3) is 0 Å². The van der Waals surface area contributed by atoms with E-state index in [0.717, 1.165) is 18.8 Å². The fraction of sp³-hybridized carbons (Fsp3) is 0.923. The smallest absolute Gasteiger partial charge is 0.316 e. The van der Waals surface area contributed by atoms with Gasteiger partial charge in [0.1, 0.15) is 5.60 Å². The maximum Gasteiger partial charge on any atom is 0.316 e. The first-order valence-corrected chi connectivity index (χ1v) is 7.42. The summed E-state index contributed by atoms with van der Waals surface area (Å²) in [5.41, 5.74) is 5.69. The molecule has 17 heavy (non-hydrogen) atoms. The van der Waals surface area contributed by atoms with Gasteiger partial charge in [-0.1, -0.05) is 6.92 Å². The van der Waals surface area contributed by atoms with Crippen LogP contribution in [-0.2, 0) is 9.53 Å². The van der Waals surface area contributed by atoms with Gasteiger partial charge in [-0.15, -0.1) is 11.8 Å². The SMILES string of the molecule is CC1CCC(N)C(SCC(=O)OC(C)(C)C)C1. The Bertz CT molecular complexity index is 263. The van der Waals surface area contributed by atoms with Gasteiger partial charge >= 0.3 is 5.97 Å². The molecule has 3 unspecified atom stereocenters. The van der Waals surface area contributed by atoms with E-state index in [0.29, 0.717) is 11.0 Å². The van der Waals surface area contributed by atoms with Crippen molar-refractivity contribution >= 4 is 17.7 Å². The van der Waals surface area contributed by atoms with Gasteiger partial charge in [0.05, 0.1) is 5.75 Å². The molecule has 0 aromatic rings. The predicted octanol–water partition coefficient (Wildman–Crippen LogP) is 2.58. The van der Waals surface area contributed by atoms with Crippen LogP contribution in [0.1, 0.15) is 47.0 Å². The molecule has 0 amide bonds. The Labute approximate surface area is 109 Å². The van der Waals surface area contributed by atoms with Crippen LogP contribution in [0.5, 0.6) is 0 Å². The lowest BCUT2D eigenvalue weighted by Crippen LogP contribution is -2.38. The zero-order valence-corrected chi connectivity index (χ0v) is 12.2. The summed E-state index contributed by atoms with van der Waals surface area (Å²) in [6, 6.07) is 0.235. The molecule has 1 rings (SSSR count). The third-order valence-corrected chi connectivity index (χ3v) is 4.31.